The van der Waals surface area contributed by atoms with Crippen molar-refractivity contribution in [3.05, 3.63) is 82.1 Å². The lowest BCUT2D eigenvalue weighted by molar-refractivity contribution is 0.102. The molecule has 2 heterocycles. The maximum atomic E-state index is 13.2. The van der Waals surface area contributed by atoms with Crippen LogP contribution in [0.15, 0.2) is 54.6 Å². The second-order valence-electron chi connectivity index (χ2n) is 7.86. The molecule has 2 aromatic carbocycles. The zero-order valence-corrected chi connectivity index (χ0v) is 17.6. The van der Waals surface area contributed by atoms with Gasteiger partial charge in [-0.3, -0.25) is 4.79 Å². The summed E-state index contributed by atoms with van der Waals surface area (Å²) in [5, 5.41) is 9.13. The van der Waals surface area contributed by atoms with Crippen molar-refractivity contribution in [1.29, 1.82) is 0 Å². The number of aryl methyl sites for hydroxylation is 2. The number of aromatic nitrogens is 3. The van der Waals surface area contributed by atoms with Gasteiger partial charge in [-0.05, 0) is 69.2 Å². The van der Waals surface area contributed by atoms with Gasteiger partial charge in [0.1, 0.15) is 0 Å². The van der Waals surface area contributed by atoms with Crippen LogP contribution in [0.2, 0.25) is 5.02 Å². The number of nitrogens with one attached hydrogen (secondary N) is 1. The molecule has 1 N–H and O–H groups in total. The smallest absolute Gasteiger partial charge is 0.256 e. The summed E-state index contributed by atoms with van der Waals surface area (Å²) in [5.41, 5.74) is 5.88. The third kappa shape index (κ3) is 3.46. The molecule has 1 aliphatic rings. The summed E-state index contributed by atoms with van der Waals surface area (Å²) in [6.07, 6.45) is 2.21. The number of amides is 1. The highest BCUT2D eigenvalue weighted by molar-refractivity contribution is 6.30. The number of rotatable bonds is 4. The number of hydrogen-bond acceptors (Lipinski definition) is 3. The van der Waals surface area contributed by atoms with E-state index in [1.165, 1.54) is 5.56 Å². The first-order valence-electron chi connectivity index (χ1n) is 10.0. The lowest BCUT2D eigenvalue weighted by atomic mass is 10.1. The van der Waals surface area contributed by atoms with Gasteiger partial charge in [-0.2, -0.15) is 5.10 Å². The van der Waals surface area contributed by atoms with E-state index >= 15 is 0 Å². The molecular weight excluding hydrogens is 396 g/mol. The van der Waals surface area contributed by atoms with Crippen LogP contribution in [0.4, 0.5) is 5.69 Å². The van der Waals surface area contributed by atoms with Crippen LogP contribution in [-0.4, -0.2) is 20.7 Å². The molecule has 6 heteroatoms. The summed E-state index contributed by atoms with van der Waals surface area (Å²) in [6.45, 7) is 3.98. The quantitative estimate of drug-likeness (QED) is 0.456. The number of anilines is 1. The fraction of sp³-hybridized carbons (Fsp3) is 0.208. The minimum atomic E-state index is -0.168. The van der Waals surface area contributed by atoms with E-state index in [1.54, 1.807) is 24.3 Å². The summed E-state index contributed by atoms with van der Waals surface area (Å²) >= 11 is 5.97. The van der Waals surface area contributed by atoms with Gasteiger partial charge in [-0.1, -0.05) is 29.3 Å². The van der Waals surface area contributed by atoms with Crippen molar-refractivity contribution in [3.63, 3.8) is 0 Å². The van der Waals surface area contributed by atoms with Crippen molar-refractivity contribution in [2.75, 3.05) is 5.32 Å². The summed E-state index contributed by atoms with van der Waals surface area (Å²) < 4.78 is 1.84. The fourth-order valence-electron chi connectivity index (χ4n) is 3.67. The van der Waals surface area contributed by atoms with E-state index in [0.29, 0.717) is 22.2 Å². The summed E-state index contributed by atoms with van der Waals surface area (Å²) in [4.78, 5) is 18.2. The van der Waals surface area contributed by atoms with Crippen LogP contribution in [0.1, 0.15) is 46.1 Å². The average Bonchev–Trinajstić information content (AvgIpc) is 3.54. The van der Waals surface area contributed by atoms with Gasteiger partial charge in [0.25, 0.3) is 5.91 Å². The zero-order valence-electron chi connectivity index (χ0n) is 16.8. The number of carbonyl (C=O) groups excluding carboxylic acids is 1. The first-order chi connectivity index (χ1) is 14.5. The molecule has 5 rings (SSSR count). The molecule has 150 valence electrons. The van der Waals surface area contributed by atoms with Gasteiger partial charge < -0.3 is 5.32 Å². The predicted molar refractivity (Wildman–Crippen MR) is 120 cm³/mol. The Hall–Kier alpha value is -3.18. The maximum absolute atomic E-state index is 13.2. The van der Waals surface area contributed by atoms with E-state index in [9.17, 15) is 4.79 Å². The zero-order chi connectivity index (χ0) is 20.8. The van der Waals surface area contributed by atoms with Gasteiger partial charge in [-0.15, -0.1) is 0 Å². The minimum absolute atomic E-state index is 0.168. The molecule has 5 nitrogen and oxygen atoms in total. The molecular formula is C24H21ClN4O. The SMILES string of the molecule is Cc1ccc(-n2nc(C)c3c(C(=O)Nc4ccc(Cl)cc4)cc(C4CC4)nc32)cc1. The Labute approximate surface area is 179 Å². The highest BCUT2D eigenvalue weighted by Gasteiger charge is 2.29. The summed E-state index contributed by atoms with van der Waals surface area (Å²) in [5.74, 6) is 0.247. The van der Waals surface area contributed by atoms with E-state index in [0.717, 1.165) is 41.0 Å². The average molecular weight is 417 g/mol. The van der Waals surface area contributed by atoms with E-state index in [1.807, 2.05) is 29.8 Å². The van der Waals surface area contributed by atoms with Gasteiger partial charge in [0.05, 0.1) is 22.3 Å². The molecule has 1 amide bonds. The number of carbonyl (C=O) groups is 1. The molecule has 1 fully saturated rings. The van der Waals surface area contributed by atoms with Crippen LogP contribution < -0.4 is 5.32 Å². The predicted octanol–water partition coefficient (Wildman–Crippen LogP) is 5.82. The van der Waals surface area contributed by atoms with Crippen molar-refractivity contribution in [2.45, 2.75) is 32.6 Å². The number of fused-ring (bicyclic) bond motifs is 1. The van der Waals surface area contributed by atoms with Crippen LogP contribution in [0.25, 0.3) is 16.7 Å². The van der Waals surface area contributed by atoms with Crippen LogP contribution in [-0.2, 0) is 0 Å². The van der Waals surface area contributed by atoms with Crippen LogP contribution in [0.3, 0.4) is 0 Å². The van der Waals surface area contributed by atoms with Crippen molar-refractivity contribution < 1.29 is 4.79 Å². The number of benzene rings is 2. The number of halogens is 1. The molecule has 0 atom stereocenters. The largest absolute Gasteiger partial charge is 0.322 e. The lowest BCUT2D eigenvalue weighted by Crippen LogP contribution is -2.13. The fourth-order valence-corrected chi connectivity index (χ4v) is 3.80. The first kappa shape index (κ1) is 18.8. The number of pyridine rings is 1. The van der Waals surface area contributed by atoms with Crippen molar-refractivity contribution in [1.82, 2.24) is 14.8 Å². The van der Waals surface area contributed by atoms with Gasteiger partial charge in [0, 0.05) is 22.3 Å². The van der Waals surface area contributed by atoms with E-state index in [4.69, 9.17) is 21.7 Å². The highest BCUT2D eigenvalue weighted by atomic mass is 35.5. The first-order valence-corrected chi connectivity index (χ1v) is 10.4. The van der Waals surface area contributed by atoms with E-state index in [2.05, 4.69) is 24.4 Å². The monoisotopic (exact) mass is 416 g/mol. The van der Waals surface area contributed by atoms with Crippen molar-refractivity contribution in [2.24, 2.45) is 0 Å². The van der Waals surface area contributed by atoms with Crippen molar-refractivity contribution >= 4 is 34.2 Å². The summed E-state index contributed by atoms with van der Waals surface area (Å²) in [6, 6.07) is 17.2. The van der Waals surface area contributed by atoms with Crippen molar-refractivity contribution in [3.8, 4) is 5.69 Å². The van der Waals surface area contributed by atoms with Crippen LogP contribution in [0, 0.1) is 13.8 Å². The van der Waals surface area contributed by atoms with Gasteiger partial charge >= 0.3 is 0 Å². The number of hydrogen-bond donors (Lipinski definition) is 1. The molecule has 0 bridgehead atoms. The van der Waals surface area contributed by atoms with Crippen LogP contribution >= 0.6 is 11.6 Å². The molecule has 1 saturated carbocycles. The lowest BCUT2D eigenvalue weighted by Gasteiger charge is -2.10. The van der Waals surface area contributed by atoms with Gasteiger partial charge in [-0.25, -0.2) is 9.67 Å². The Balaban J connectivity index is 1.64. The molecule has 1 aliphatic carbocycles. The Morgan fingerprint density at radius 2 is 1.77 bits per heavy atom. The van der Waals surface area contributed by atoms with E-state index in [-0.39, 0.29) is 5.91 Å². The second-order valence-corrected chi connectivity index (χ2v) is 8.30. The molecule has 0 spiro atoms. The molecule has 0 unspecified atom stereocenters. The molecule has 4 aromatic rings. The Morgan fingerprint density at radius 1 is 1.07 bits per heavy atom. The topological polar surface area (TPSA) is 59.8 Å². The minimum Gasteiger partial charge on any atom is -0.322 e. The third-order valence-corrected chi connectivity index (χ3v) is 5.71. The third-order valence-electron chi connectivity index (χ3n) is 5.45. The Morgan fingerprint density at radius 3 is 2.43 bits per heavy atom. The molecule has 0 aliphatic heterocycles. The van der Waals surface area contributed by atoms with Gasteiger partial charge in [0.15, 0.2) is 5.65 Å². The van der Waals surface area contributed by atoms with Crippen LogP contribution in [0.5, 0.6) is 0 Å². The van der Waals surface area contributed by atoms with E-state index < -0.39 is 0 Å². The Bertz CT molecular complexity index is 1260. The molecule has 0 radical (unpaired) electrons. The second kappa shape index (κ2) is 7.26. The Kier molecular flexibility index (Phi) is 4.55. The summed E-state index contributed by atoms with van der Waals surface area (Å²) in [7, 11) is 0. The highest BCUT2D eigenvalue weighted by Crippen LogP contribution is 2.40. The maximum Gasteiger partial charge on any atom is 0.256 e. The molecule has 30 heavy (non-hydrogen) atoms. The normalized spacial score (nSPS) is 13.6. The standard InChI is InChI=1S/C24H21ClN4O/c1-14-3-11-19(12-4-14)29-23-22(15(2)28-29)20(13-21(27-23)16-5-6-16)24(30)26-18-9-7-17(25)8-10-18/h3-4,7-13,16H,5-6H2,1-2H3,(H,26,30). The number of nitrogens with zero attached hydrogens (tertiary/aromatic N) is 3. The molecule has 0 saturated heterocycles. The van der Waals surface area contributed by atoms with Gasteiger partial charge in [0.2, 0.25) is 0 Å². The molecule has 2 aromatic heterocycles.